The van der Waals surface area contributed by atoms with Gasteiger partial charge in [0, 0.05) is 37.9 Å². The summed E-state index contributed by atoms with van der Waals surface area (Å²) in [4.78, 5) is 8.10. The zero-order chi connectivity index (χ0) is 16.5. The summed E-state index contributed by atoms with van der Waals surface area (Å²) < 4.78 is 35.8. The molecule has 0 atom stereocenters. The van der Waals surface area contributed by atoms with Crippen LogP contribution in [0.5, 0.6) is 0 Å². The molecule has 0 aliphatic rings. The summed E-state index contributed by atoms with van der Waals surface area (Å²) in [6.07, 6.45) is 7.60. The lowest BCUT2D eigenvalue weighted by Crippen LogP contribution is -1.93. The van der Waals surface area contributed by atoms with Crippen molar-refractivity contribution in [3.63, 3.8) is 0 Å². The third-order valence-electron chi connectivity index (χ3n) is 2.53. The topological polar surface area (TPSA) is 110 Å². The van der Waals surface area contributed by atoms with Crippen molar-refractivity contribution in [2.75, 3.05) is 0 Å². The third kappa shape index (κ3) is 9.77. The largest absolute Gasteiger partial charge is 0.394 e. The van der Waals surface area contributed by atoms with Crippen LogP contribution in [0.2, 0.25) is 0 Å². The van der Waals surface area contributed by atoms with Crippen molar-refractivity contribution < 1.29 is 17.5 Å². The zero-order valence-corrected chi connectivity index (χ0v) is 13.4. The van der Waals surface area contributed by atoms with E-state index in [1.54, 1.807) is 0 Å². The Bertz CT molecular complexity index is 570. The average Bonchev–Trinajstić information content (AvgIpc) is 2.96. The van der Waals surface area contributed by atoms with Crippen LogP contribution >= 0.6 is 0 Å². The Morgan fingerprint density at radius 1 is 0.952 bits per heavy atom. The van der Waals surface area contributed by atoms with Crippen molar-refractivity contribution in [3.05, 3.63) is 36.4 Å². The summed E-state index contributed by atoms with van der Waals surface area (Å²) in [6.45, 7) is 10.3. The first-order valence-corrected chi connectivity index (χ1v) is 7.74. The van der Waals surface area contributed by atoms with Crippen LogP contribution in [0.3, 0.4) is 0 Å². The lowest BCUT2D eigenvalue weighted by atomic mass is 10.6. The van der Waals surface area contributed by atoms with Crippen molar-refractivity contribution in [1.82, 2.24) is 19.1 Å². The molecule has 0 fully saturated rings. The highest BCUT2D eigenvalue weighted by Crippen LogP contribution is 1.92. The van der Waals surface area contributed by atoms with Crippen molar-refractivity contribution in [1.29, 1.82) is 0 Å². The van der Waals surface area contributed by atoms with E-state index in [9.17, 15) is 0 Å². The fourth-order valence-electron chi connectivity index (χ4n) is 1.48. The molecule has 0 bridgehead atoms. The highest BCUT2D eigenvalue weighted by Gasteiger charge is 1.89. The lowest BCUT2D eigenvalue weighted by molar-refractivity contribution is 0.381. The Kier molecular flexibility index (Phi) is 8.51. The molecule has 2 N–H and O–H groups in total. The van der Waals surface area contributed by atoms with E-state index in [1.807, 2.05) is 38.6 Å². The molecular formula is C12H22N4O4S. The summed E-state index contributed by atoms with van der Waals surface area (Å²) >= 11 is 0. The van der Waals surface area contributed by atoms with Crippen LogP contribution in [0.25, 0.3) is 0 Å². The second-order valence-electron chi connectivity index (χ2n) is 3.97. The lowest BCUT2D eigenvalue weighted by Gasteiger charge is -1.95. The third-order valence-corrected chi connectivity index (χ3v) is 2.53. The summed E-state index contributed by atoms with van der Waals surface area (Å²) in [6, 6.07) is 0. The first-order chi connectivity index (χ1) is 9.69. The molecule has 9 heteroatoms. The van der Waals surface area contributed by atoms with Gasteiger partial charge in [-0.15, -0.1) is 0 Å². The van der Waals surface area contributed by atoms with Gasteiger partial charge in [0.15, 0.2) is 0 Å². The van der Waals surface area contributed by atoms with Gasteiger partial charge in [-0.1, -0.05) is 0 Å². The van der Waals surface area contributed by atoms with Gasteiger partial charge >= 0.3 is 10.4 Å². The van der Waals surface area contributed by atoms with Crippen LogP contribution in [-0.4, -0.2) is 36.6 Å². The van der Waals surface area contributed by atoms with Crippen LogP contribution in [-0.2, 0) is 23.5 Å². The van der Waals surface area contributed by atoms with Crippen molar-refractivity contribution in [2.24, 2.45) is 0 Å². The average molecular weight is 318 g/mol. The second kappa shape index (κ2) is 9.27. The molecule has 2 aromatic heterocycles. The SMILES string of the molecule is CCn1ccnc1C.CCn1ccnc1C.O=S(=O)(O)O. The number of aryl methyl sites for hydroxylation is 4. The minimum Gasteiger partial charge on any atom is -0.335 e. The Balaban J connectivity index is 0.000000296. The van der Waals surface area contributed by atoms with Gasteiger partial charge in [-0.3, -0.25) is 9.11 Å². The maximum atomic E-state index is 8.74. The van der Waals surface area contributed by atoms with Crippen molar-refractivity contribution in [3.8, 4) is 0 Å². The van der Waals surface area contributed by atoms with E-state index in [0.717, 1.165) is 24.7 Å². The number of rotatable bonds is 2. The van der Waals surface area contributed by atoms with Crippen LogP contribution in [0.1, 0.15) is 25.5 Å². The minimum atomic E-state index is -4.67. The summed E-state index contributed by atoms with van der Waals surface area (Å²) in [5.41, 5.74) is 0. The number of hydrogen-bond donors (Lipinski definition) is 2. The van der Waals surface area contributed by atoms with Gasteiger partial charge in [0.05, 0.1) is 0 Å². The smallest absolute Gasteiger partial charge is 0.335 e. The molecule has 0 unspecified atom stereocenters. The van der Waals surface area contributed by atoms with Crippen LogP contribution < -0.4 is 0 Å². The fourth-order valence-corrected chi connectivity index (χ4v) is 1.48. The van der Waals surface area contributed by atoms with Gasteiger partial charge < -0.3 is 9.13 Å². The van der Waals surface area contributed by atoms with Gasteiger partial charge in [-0.2, -0.15) is 8.42 Å². The van der Waals surface area contributed by atoms with Crippen molar-refractivity contribution in [2.45, 2.75) is 40.8 Å². The Labute approximate surface area is 125 Å². The van der Waals surface area contributed by atoms with Crippen LogP contribution in [0, 0.1) is 13.8 Å². The molecule has 2 aromatic rings. The zero-order valence-electron chi connectivity index (χ0n) is 12.6. The molecule has 8 nitrogen and oxygen atoms in total. The molecule has 0 amide bonds. The predicted molar refractivity (Wildman–Crippen MR) is 79.5 cm³/mol. The van der Waals surface area contributed by atoms with E-state index in [1.165, 1.54) is 0 Å². The summed E-state index contributed by atoms with van der Waals surface area (Å²) in [5.74, 6) is 2.18. The van der Waals surface area contributed by atoms with E-state index in [-0.39, 0.29) is 0 Å². The van der Waals surface area contributed by atoms with E-state index in [2.05, 4.69) is 32.9 Å². The molecule has 0 radical (unpaired) electrons. The molecule has 0 aliphatic carbocycles. The van der Waals surface area contributed by atoms with E-state index < -0.39 is 10.4 Å². The van der Waals surface area contributed by atoms with Gasteiger partial charge in [0.25, 0.3) is 0 Å². The van der Waals surface area contributed by atoms with Crippen LogP contribution in [0.4, 0.5) is 0 Å². The molecule has 21 heavy (non-hydrogen) atoms. The Morgan fingerprint density at radius 2 is 1.24 bits per heavy atom. The monoisotopic (exact) mass is 318 g/mol. The molecule has 2 rings (SSSR count). The van der Waals surface area contributed by atoms with E-state index in [4.69, 9.17) is 17.5 Å². The molecule has 0 spiro atoms. The molecule has 0 saturated carbocycles. The minimum absolute atomic E-state index is 1.02. The maximum absolute atomic E-state index is 8.74. The molecular weight excluding hydrogens is 296 g/mol. The summed E-state index contributed by atoms with van der Waals surface area (Å²) in [7, 11) is -4.67. The van der Waals surface area contributed by atoms with E-state index in [0.29, 0.717) is 0 Å². The number of imidazole rings is 2. The number of nitrogens with zero attached hydrogens (tertiary/aromatic N) is 4. The molecule has 120 valence electrons. The second-order valence-corrected chi connectivity index (χ2v) is 4.86. The first kappa shape index (κ1) is 19.3. The van der Waals surface area contributed by atoms with Gasteiger partial charge in [0.2, 0.25) is 0 Å². The number of aromatic nitrogens is 4. The van der Waals surface area contributed by atoms with Gasteiger partial charge in [-0.05, 0) is 27.7 Å². The normalized spacial score (nSPS) is 10.2. The quantitative estimate of drug-likeness (QED) is 0.816. The first-order valence-electron chi connectivity index (χ1n) is 6.34. The predicted octanol–water partition coefficient (Wildman–Crippen LogP) is 1.77. The van der Waals surface area contributed by atoms with Crippen LogP contribution in [0.15, 0.2) is 24.8 Å². The standard InChI is InChI=1S/2C6H10N2.H2O4S/c2*1-3-8-5-4-7-6(8)2;1-5(2,3)4/h2*4-5H,3H2,1-2H3;(H2,1,2,3,4). The van der Waals surface area contributed by atoms with Crippen molar-refractivity contribution >= 4 is 10.4 Å². The summed E-state index contributed by atoms with van der Waals surface area (Å²) in [5, 5.41) is 0. The fraction of sp³-hybridized carbons (Fsp3) is 0.500. The molecule has 0 saturated heterocycles. The Morgan fingerprint density at radius 3 is 1.33 bits per heavy atom. The van der Waals surface area contributed by atoms with Gasteiger partial charge in [0.1, 0.15) is 11.6 Å². The molecule has 2 heterocycles. The maximum Gasteiger partial charge on any atom is 0.394 e. The molecule has 0 aromatic carbocycles. The highest BCUT2D eigenvalue weighted by atomic mass is 32.3. The van der Waals surface area contributed by atoms with E-state index >= 15 is 0 Å². The number of hydrogen-bond acceptors (Lipinski definition) is 4. The van der Waals surface area contributed by atoms with Gasteiger partial charge in [-0.25, -0.2) is 9.97 Å². The Hall–Kier alpha value is -1.71. The highest BCUT2D eigenvalue weighted by molar-refractivity contribution is 7.79. The molecule has 0 aliphatic heterocycles.